The Labute approximate surface area is 109 Å². The molecule has 0 bridgehead atoms. The summed E-state index contributed by atoms with van der Waals surface area (Å²) in [5.41, 5.74) is 1.06. The van der Waals surface area contributed by atoms with Gasteiger partial charge in [-0.3, -0.25) is 0 Å². The molecule has 88 valence electrons. The van der Waals surface area contributed by atoms with Crippen LogP contribution in [0.3, 0.4) is 0 Å². The molecule has 4 heteroatoms. The Morgan fingerprint density at radius 2 is 1.75 bits per heavy atom. The van der Waals surface area contributed by atoms with Crippen molar-refractivity contribution in [2.24, 2.45) is 5.92 Å². The van der Waals surface area contributed by atoms with E-state index in [1.54, 1.807) is 0 Å². The SMILES string of the molecule is CC(C)C(Br)c1cc2c(cc1Cl)OCCO2. The molecule has 1 atom stereocenters. The maximum Gasteiger partial charge on any atom is 0.162 e. The highest BCUT2D eigenvalue weighted by Crippen LogP contribution is 2.42. The molecule has 1 aromatic carbocycles. The summed E-state index contributed by atoms with van der Waals surface area (Å²) in [4.78, 5) is 0.232. The highest BCUT2D eigenvalue weighted by atomic mass is 79.9. The van der Waals surface area contributed by atoms with E-state index in [0.717, 1.165) is 22.1 Å². The molecular formula is C12H14BrClO2. The van der Waals surface area contributed by atoms with E-state index >= 15 is 0 Å². The van der Waals surface area contributed by atoms with Gasteiger partial charge in [0.25, 0.3) is 0 Å². The summed E-state index contributed by atoms with van der Waals surface area (Å²) in [6.07, 6.45) is 0. The Kier molecular flexibility index (Phi) is 3.65. The lowest BCUT2D eigenvalue weighted by molar-refractivity contribution is 0.171. The van der Waals surface area contributed by atoms with Crippen molar-refractivity contribution in [2.45, 2.75) is 18.7 Å². The topological polar surface area (TPSA) is 18.5 Å². The van der Waals surface area contributed by atoms with Gasteiger partial charge in [0.1, 0.15) is 13.2 Å². The third kappa shape index (κ3) is 2.30. The van der Waals surface area contributed by atoms with E-state index in [2.05, 4.69) is 29.8 Å². The predicted molar refractivity (Wildman–Crippen MR) is 68.9 cm³/mol. The van der Waals surface area contributed by atoms with Gasteiger partial charge in [0.2, 0.25) is 0 Å². The monoisotopic (exact) mass is 304 g/mol. The standard InChI is InChI=1S/C12H14BrClO2/c1-7(2)12(13)8-5-10-11(6-9(8)14)16-4-3-15-10/h5-7,12H,3-4H2,1-2H3. The second-order valence-electron chi connectivity index (χ2n) is 4.16. The molecule has 0 spiro atoms. The minimum atomic E-state index is 0.232. The van der Waals surface area contributed by atoms with Gasteiger partial charge in [0.05, 0.1) is 0 Å². The molecule has 0 saturated heterocycles. The molecule has 1 aromatic rings. The Bertz CT molecular complexity index is 393. The molecule has 1 heterocycles. The van der Waals surface area contributed by atoms with Crippen LogP contribution in [-0.2, 0) is 0 Å². The van der Waals surface area contributed by atoms with E-state index < -0.39 is 0 Å². The maximum absolute atomic E-state index is 6.23. The van der Waals surface area contributed by atoms with Gasteiger partial charge in [-0.05, 0) is 17.5 Å². The molecule has 1 aliphatic rings. The van der Waals surface area contributed by atoms with Gasteiger partial charge in [0, 0.05) is 15.9 Å². The van der Waals surface area contributed by atoms with Crippen molar-refractivity contribution in [1.82, 2.24) is 0 Å². The van der Waals surface area contributed by atoms with E-state index in [0.29, 0.717) is 19.1 Å². The van der Waals surface area contributed by atoms with Gasteiger partial charge in [-0.2, -0.15) is 0 Å². The van der Waals surface area contributed by atoms with Crippen LogP contribution in [0.5, 0.6) is 11.5 Å². The fraction of sp³-hybridized carbons (Fsp3) is 0.500. The zero-order valence-corrected chi connectivity index (χ0v) is 11.6. The highest BCUT2D eigenvalue weighted by molar-refractivity contribution is 9.09. The summed E-state index contributed by atoms with van der Waals surface area (Å²) in [5, 5.41) is 0.722. The van der Waals surface area contributed by atoms with Crippen LogP contribution in [0.15, 0.2) is 12.1 Å². The van der Waals surface area contributed by atoms with Crippen LogP contribution in [0.25, 0.3) is 0 Å². The summed E-state index contributed by atoms with van der Waals surface area (Å²) in [7, 11) is 0. The van der Waals surface area contributed by atoms with Crippen LogP contribution < -0.4 is 9.47 Å². The van der Waals surface area contributed by atoms with Crippen LogP contribution in [0.2, 0.25) is 5.02 Å². The lowest BCUT2D eigenvalue weighted by Gasteiger charge is -2.22. The first kappa shape index (κ1) is 12.1. The number of halogens is 2. The van der Waals surface area contributed by atoms with E-state index in [1.165, 1.54) is 0 Å². The second-order valence-corrected chi connectivity index (χ2v) is 5.56. The molecule has 2 rings (SSSR count). The molecule has 1 unspecified atom stereocenters. The lowest BCUT2D eigenvalue weighted by Crippen LogP contribution is -2.16. The summed E-state index contributed by atoms with van der Waals surface area (Å²) in [5.74, 6) is 2.00. The summed E-state index contributed by atoms with van der Waals surface area (Å²) in [6, 6.07) is 3.80. The second kappa shape index (κ2) is 4.84. The van der Waals surface area contributed by atoms with Gasteiger partial charge >= 0.3 is 0 Å². The first-order chi connectivity index (χ1) is 7.59. The van der Waals surface area contributed by atoms with Crippen molar-refractivity contribution in [3.63, 3.8) is 0 Å². The van der Waals surface area contributed by atoms with E-state index in [4.69, 9.17) is 21.1 Å². The zero-order chi connectivity index (χ0) is 11.7. The molecule has 0 aliphatic carbocycles. The number of fused-ring (bicyclic) bond motifs is 1. The number of ether oxygens (including phenoxy) is 2. The summed E-state index contributed by atoms with van der Waals surface area (Å²) < 4.78 is 11.0. The molecule has 1 aliphatic heterocycles. The van der Waals surface area contributed by atoms with Gasteiger partial charge < -0.3 is 9.47 Å². The smallest absolute Gasteiger partial charge is 0.162 e. The Hall–Kier alpha value is -0.410. The molecule has 16 heavy (non-hydrogen) atoms. The zero-order valence-electron chi connectivity index (χ0n) is 9.30. The van der Waals surface area contributed by atoms with Crippen LogP contribution in [0, 0.1) is 5.92 Å². The van der Waals surface area contributed by atoms with E-state index in [-0.39, 0.29) is 4.83 Å². The summed E-state index contributed by atoms with van der Waals surface area (Å²) >= 11 is 9.88. The van der Waals surface area contributed by atoms with Gasteiger partial charge in [0.15, 0.2) is 11.5 Å². The average molecular weight is 306 g/mol. The lowest BCUT2D eigenvalue weighted by atomic mass is 10.0. The van der Waals surface area contributed by atoms with Crippen molar-refractivity contribution >= 4 is 27.5 Å². The van der Waals surface area contributed by atoms with Gasteiger partial charge in [-0.1, -0.05) is 41.4 Å². The number of rotatable bonds is 2. The molecule has 0 saturated carbocycles. The molecule has 0 aromatic heterocycles. The maximum atomic E-state index is 6.23. The highest BCUT2D eigenvalue weighted by Gasteiger charge is 2.20. The molecule has 0 radical (unpaired) electrons. The van der Waals surface area contributed by atoms with Crippen LogP contribution in [0.1, 0.15) is 24.2 Å². The fourth-order valence-corrected chi connectivity index (χ4v) is 2.43. The minimum absolute atomic E-state index is 0.232. The summed E-state index contributed by atoms with van der Waals surface area (Å²) in [6.45, 7) is 5.48. The number of hydrogen-bond donors (Lipinski definition) is 0. The molecule has 0 amide bonds. The van der Waals surface area contributed by atoms with E-state index in [9.17, 15) is 0 Å². The van der Waals surface area contributed by atoms with Crippen molar-refractivity contribution in [1.29, 1.82) is 0 Å². The molecule has 0 fully saturated rings. The van der Waals surface area contributed by atoms with Crippen LogP contribution in [0.4, 0.5) is 0 Å². The number of alkyl halides is 1. The third-order valence-electron chi connectivity index (χ3n) is 2.54. The predicted octanol–water partition coefficient (Wildman–Crippen LogP) is 4.20. The third-order valence-corrected chi connectivity index (χ3v) is 4.42. The van der Waals surface area contributed by atoms with Crippen molar-refractivity contribution in [2.75, 3.05) is 13.2 Å². The Balaban J connectivity index is 2.39. The van der Waals surface area contributed by atoms with Crippen molar-refractivity contribution in [3.05, 3.63) is 22.7 Å². The number of hydrogen-bond acceptors (Lipinski definition) is 2. The van der Waals surface area contributed by atoms with Crippen LogP contribution >= 0.6 is 27.5 Å². The average Bonchev–Trinajstić information content (AvgIpc) is 2.27. The normalized spacial score (nSPS) is 16.3. The fourth-order valence-electron chi connectivity index (χ4n) is 1.65. The quantitative estimate of drug-likeness (QED) is 0.762. The Morgan fingerprint density at radius 3 is 2.31 bits per heavy atom. The first-order valence-electron chi connectivity index (χ1n) is 5.32. The minimum Gasteiger partial charge on any atom is -0.486 e. The Morgan fingerprint density at radius 1 is 1.19 bits per heavy atom. The molecule has 2 nitrogen and oxygen atoms in total. The number of benzene rings is 1. The largest absolute Gasteiger partial charge is 0.486 e. The van der Waals surface area contributed by atoms with Gasteiger partial charge in [-0.15, -0.1) is 0 Å². The van der Waals surface area contributed by atoms with Crippen molar-refractivity contribution < 1.29 is 9.47 Å². The molecular weight excluding hydrogens is 291 g/mol. The van der Waals surface area contributed by atoms with Crippen LogP contribution in [-0.4, -0.2) is 13.2 Å². The van der Waals surface area contributed by atoms with Gasteiger partial charge in [-0.25, -0.2) is 0 Å². The van der Waals surface area contributed by atoms with E-state index in [1.807, 2.05) is 12.1 Å². The first-order valence-corrected chi connectivity index (χ1v) is 6.62. The van der Waals surface area contributed by atoms with Crippen molar-refractivity contribution in [3.8, 4) is 11.5 Å². The molecule has 0 N–H and O–H groups in total.